The molecule has 1 aromatic heterocycles. The van der Waals surface area contributed by atoms with Crippen LogP contribution in [-0.2, 0) is 4.79 Å². The van der Waals surface area contributed by atoms with Gasteiger partial charge in [0, 0.05) is 22.8 Å². The zero-order chi connectivity index (χ0) is 16.6. The molecule has 2 N–H and O–H groups in total. The first-order valence-corrected chi connectivity index (χ1v) is 7.70. The molecule has 23 heavy (non-hydrogen) atoms. The molecule has 0 radical (unpaired) electrons. The molecule has 2 aromatic rings. The quantitative estimate of drug-likeness (QED) is 0.901. The van der Waals surface area contributed by atoms with Crippen molar-refractivity contribution in [2.45, 2.75) is 38.6 Å². The van der Waals surface area contributed by atoms with Gasteiger partial charge in [-0.2, -0.15) is 0 Å². The van der Waals surface area contributed by atoms with Gasteiger partial charge in [0.05, 0.1) is 5.92 Å². The maximum Gasteiger partial charge on any atom is 0.306 e. The van der Waals surface area contributed by atoms with E-state index in [1.54, 1.807) is 6.92 Å². The van der Waals surface area contributed by atoms with Gasteiger partial charge >= 0.3 is 5.97 Å². The Morgan fingerprint density at radius 2 is 1.96 bits per heavy atom. The molecule has 0 aliphatic heterocycles. The number of nitrogens with one attached hydrogen (secondary N) is 1. The number of halogens is 2. The minimum Gasteiger partial charge on any atom is -0.481 e. The Hall–Kier alpha value is -2.24. The second kappa shape index (κ2) is 6.10. The van der Waals surface area contributed by atoms with Crippen molar-refractivity contribution in [1.29, 1.82) is 0 Å². The molecule has 0 atom stereocenters. The van der Waals surface area contributed by atoms with Crippen molar-refractivity contribution in [2.75, 3.05) is 5.32 Å². The van der Waals surface area contributed by atoms with Gasteiger partial charge in [-0.15, -0.1) is 0 Å². The predicted octanol–water partition coefficient (Wildman–Crippen LogP) is 3.88. The largest absolute Gasteiger partial charge is 0.481 e. The van der Waals surface area contributed by atoms with E-state index >= 15 is 0 Å². The summed E-state index contributed by atoms with van der Waals surface area (Å²) in [5, 5.41) is 12.9. The highest BCUT2D eigenvalue weighted by Gasteiger charge is 2.26. The van der Waals surface area contributed by atoms with Crippen molar-refractivity contribution in [3.05, 3.63) is 35.5 Å². The zero-order valence-electron chi connectivity index (χ0n) is 12.8. The fourth-order valence-corrected chi connectivity index (χ4v) is 3.19. The van der Waals surface area contributed by atoms with E-state index in [1.165, 1.54) is 6.07 Å². The third kappa shape index (κ3) is 3.11. The first kappa shape index (κ1) is 15.6. The van der Waals surface area contributed by atoms with Crippen LogP contribution in [0.2, 0.25) is 0 Å². The number of hydrogen-bond donors (Lipinski definition) is 2. The summed E-state index contributed by atoms with van der Waals surface area (Å²) >= 11 is 0. The van der Waals surface area contributed by atoms with E-state index in [9.17, 15) is 13.6 Å². The van der Waals surface area contributed by atoms with Crippen molar-refractivity contribution >= 4 is 22.6 Å². The predicted molar refractivity (Wildman–Crippen MR) is 83.4 cm³/mol. The Labute approximate surface area is 132 Å². The number of benzene rings is 1. The summed E-state index contributed by atoms with van der Waals surface area (Å²) in [4.78, 5) is 15.1. The fraction of sp³-hybridized carbons (Fsp3) is 0.412. The van der Waals surface area contributed by atoms with Crippen molar-refractivity contribution in [2.24, 2.45) is 5.92 Å². The van der Waals surface area contributed by atoms with Crippen LogP contribution in [0.1, 0.15) is 31.4 Å². The Balaban J connectivity index is 1.86. The minimum atomic E-state index is -0.941. The van der Waals surface area contributed by atoms with Gasteiger partial charge in [0.25, 0.3) is 0 Å². The van der Waals surface area contributed by atoms with Gasteiger partial charge in [0.15, 0.2) is 11.6 Å². The van der Waals surface area contributed by atoms with Gasteiger partial charge in [0.1, 0.15) is 5.52 Å². The molecule has 0 saturated heterocycles. The van der Waals surface area contributed by atoms with E-state index < -0.39 is 17.6 Å². The second-order valence-corrected chi connectivity index (χ2v) is 6.10. The van der Waals surface area contributed by atoms with Crippen LogP contribution < -0.4 is 5.32 Å². The third-order valence-corrected chi connectivity index (χ3v) is 4.44. The lowest BCUT2D eigenvalue weighted by molar-refractivity contribution is -0.142. The molecular weight excluding hydrogens is 302 g/mol. The first-order valence-electron chi connectivity index (χ1n) is 7.70. The van der Waals surface area contributed by atoms with Crippen molar-refractivity contribution in [1.82, 2.24) is 4.98 Å². The molecule has 122 valence electrons. The normalized spacial score (nSPS) is 21.3. The van der Waals surface area contributed by atoms with Crippen LogP contribution in [0, 0.1) is 24.5 Å². The van der Waals surface area contributed by atoms with E-state index in [1.807, 2.05) is 6.07 Å². The summed E-state index contributed by atoms with van der Waals surface area (Å²) in [6, 6.07) is 4.55. The molecular formula is C17H18F2N2O2. The number of aliphatic carboxylic acids is 1. The van der Waals surface area contributed by atoms with Gasteiger partial charge in [-0.05, 0) is 50.8 Å². The average molecular weight is 320 g/mol. The van der Waals surface area contributed by atoms with Gasteiger partial charge in [-0.1, -0.05) is 0 Å². The number of aryl methyl sites for hydroxylation is 1. The lowest BCUT2D eigenvalue weighted by atomic mass is 9.86. The molecule has 3 rings (SSSR count). The average Bonchev–Trinajstić information content (AvgIpc) is 2.52. The molecule has 1 fully saturated rings. The van der Waals surface area contributed by atoms with Crippen molar-refractivity contribution < 1.29 is 18.7 Å². The van der Waals surface area contributed by atoms with E-state index in [0.717, 1.165) is 18.9 Å². The van der Waals surface area contributed by atoms with E-state index in [4.69, 9.17) is 5.11 Å². The van der Waals surface area contributed by atoms with Gasteiger partial charge in [-0.25, -0.2) is 13.8 Å². The summed E-state index contributed by atoms with van der Waals surface area (Å²) < 4.78 is 27.3. The van der Waals surface area contributed by atoms with E-state index in [2.05, 4.69) is 10.3 Å². The van der Waals surface area contributed by atoms with Crippen LogP contribution in [0.4, 0.5) is 14.5 Å². The number of hydrogen-bond acceptors (Lipinski definition) is 3. The number of anilines is 1. The van der Waals surface area contributed by atoms with Crippen LogP contribution in [0.5, 0.6) is 0 Å². The van der Waals surface area contributed by atoms with E-state index in [0.29, 0.717) is 29.6 Å². The number of aromatic nitrogens is 1. The van der Waals surface area contributed by atoms with Crippen molar-refractivity contribution in [3.8, 4) is 0 Å². The highest BCUT2D eigenvalue weighted by Crippen LogP contribution is 2.31. The van der Waals surface area contributed by atoms with Gasteiger partial charge < -0.3 is 10.4 Å². The number of pyridine rings is 1. The number of carboxylic acid groups (broad SMARTS) is 1. The van der Waals surface area contributed by atoms with Crippen LogP contribution in [-0.4, -0.2) is 22.1 Å². The molecule has 1 aliphatic carbocycles. The number of carboxylic acids is 1. The maximum atomic E-state index is 13.9. The summed E-state index contributed by atoms with van der Waals surface area (Å²) in [6.07, 6.45) is 2.73. The monoisotopic (exact) mass is 320 g/mol. The second-order valence-electron chi connectivity index (χ2n) is 6.10. The standard InChI is InChI=1S/C17H18F2N2O2/c1-9-8-14(12-6-7-13(18)15(19)16(12)20-9)21-11-4-2-10(3-5-11)17(22)23/h6-8,10-11H,2-5H2,1H3,(H,20,21)(H,22,23). The molecule has 0 bridgehead atoms. The third-order valence-electron chi connectivity index (χ3n) is 4.44. The summed E-state index contributed by atoms with van der Waals surface area (Å²) in [6.45, 7) is 1.73. The molecule has 6 heteroatoms. The molecule has 1 saturated carbocycles. The number of fused-ring (bicyclic) bond motifs is 1. The fourth-order valence-electron chi connectivity index (χ4n) is 3.19. The molecule has 4 nitrogen and oxygen atoms in total. The lowest BCUT2D eigenvalue weighted by Gasteiger charge is -2.28. The molecule has 1 aromatic carbocycles. The van der Waals surface area contributed by atoms with Crippen LogP contribution in [0.25, 0.3) is 10.9 Å². The highest BCUT2D eigenvalue weighted by atomic mass is 19.2. The number of rotatable bonds is 3. The number of carbonyl (C=O) groups is 1. The summed E-state index contributed by atoms with van der Waals surface area (Å²) in [5.74, 6) is -2.88. The molecule has 1 heterocycles. The Morgan fingerprint density at radius 3 is 2.61 bits per heavy atom. The SMILES string of the molecule is Cc1cc(NC2CCC(C(=O)O)CC2)c2ccc(F)c(F)c2n1. The summed E-state index contributed by atoms with van der Waals surface area (Å²) in [5.41, 5.74) is 1.33. The van der Waals surface area contributed by atoms with Gasteiger partial charge in [0.2, 0.25) is 0 Å². The lowest BCUT2D eigenvalue weighted by Crippen LogP contribution is -2.29. The Bertz CT molecular complexity index is 756. The Kier molecular flexibility index (Phi) is 4.15. The highest BCUT2D eigenvalue weighted by molar-refractivity contribution is 5.92. The molecule has 1 aliphatic rings. The molecule has 0 spiro atoms. The van der Waals surface area contributed by atoms with Crippen LogP contribution in [0.3, 0.4) is 0 Å². The topological polar surface area (TPSA) is 62.2 Å². The molecule has 0 unspecified atom stereocenters. The van der Waals surface area contributed by atoms with Gasteiger partial charge in [-0.3, -0.25) is 4.79 Å². The van der Waals surface area contributed by atoms with Crippen LogP contribution in [0.15, 0.2) is 18.2 Å². The van der Waals surface area contributed by atoms with E-state index in [-0.39, 0.29) is 17.5 Å². The Morgan fingerprint density at radius 1 is 1.26 bits per heavy atom. The first-order chi connectivity index (χ1) is 11.0. The molecule has 0 amide bonds. The zero-order valence-corrected chi connectivity index (χ0v) is 12.8. The maximum absolute atomic E-state index is 13.9. The van der Waals surface area contributed by atoms with Crippen molar-refractivity contribution in [3.63, 3.8) is 0 Å². The van der Waals surface area contributed by atoms with Crippen LogP contribution >= 0.6 is 0 Å². The smallest absolute Gasteiger partial charge is 0.306 e. The number of nitrogens with zero attached hydrogens (tertiary/aromatic N) is 1. The summed E-state index contributed by atoms with van der Waals surface area (Å²) in [7, 11) is 0. The minimum absolute atomic E-state index is 0.0201.